The Bertz CT molecular complexity index is 441. The van der Waals surface area contributed by atoms with Crippen molar-refractivity contribution in [3.8, 4) is 0 Å². The van der Waals surface area contributed by atoms with Crippen molar-refractivity contribution in [3.05, 3.63) is 48.0 Å². The number of esters is 1. The summed E-state index contributed by atoms with van der Waals surface area (Å²) in [5.74, 6) is -0.541. The van der Waals surface area contributed by atoms with E-state index < -0.39 is 12.1 Å². The summed E-state index contributed by atoms with van der Waals surface area (Å²) in [6.45, 7) is 4.25. The molecule has 0 saturated carbocycles. The quantitative estimate of drug-likeness (QED) is 0.591. The molecule has 0 saturated heterocycles. The monoisotopic (exact) mass is 292 g/mol. The van der Waals surface area contributed by atoms with Crippen LogP contribution in [0.4, 0.5) is 0 Å². The van der Waals surface area contributed by atoms with E-state index in [2.05, 4.69) is 4.74 Å². The molecule has 0 heterocycles. The molecule has 0 fully saturated rings. The highest BCUT2D eigenvalue weighted by atomic mass is 16.5. The second-order valence-electron chi connectivity index (χ2n) is 4.98. The normalized spacial score (nSPS) is 15.6. The summed E-state index contributed by atoms with van der Waals surface area (Å²) in [6, 6.07) is 9.79. The van der Waals surface area contributed by atoms with Crippen LogP contribution >= 0.6 is 0 Å². The molecule has 0 bridgehead atoms. The molecule has 3 atom stereocenters. The average molecular weight is 292 g/mol. The molecule has 0 unspecified atom stereocenters. The van der Waals surface area contributed by atoms with Crippen molar-refractivity contribution >= 4 is 5.97 Å². The number of aliphatic hydroxyl groups excluding tert-OH is 1. The van der Waals surface area contributed by atoms with Gasteiger partial charge in [-0.2, -0.15) is 0 Å². The summed E-state index contributed by atoms with van der Waals surface area (Å²) in [5, 5.41) is 9.99. The van der Waals surface area contributed by atoms with Crippen LogP contribution in [0.15, 0.2) is 42.5 Å². The Labute approximate surface area is 126 Å². The lowest BCUT2D eigenvalue weighted by Gasteiger charge is -2.25. The fourth-order valence-electron chi connectivity index (χ4n) is 1.98. The molecule has 0 aromatic heterocycles. The maximum atomic E-state index is 11.2. The zero-order valence-electron chi connectivity index (χ0n) is 12.9. The highest BCUT2D eigenvalue weighted by Crippen LogP contribution is 2.18. The standard InChI is InChI=1S/C17H24O4/c1-4-15(18)13(2)16(10-11-17(19)20-3)21-12-14-8-6-5-7-9-14/h5-11,13,15-16,18H,4,12H2,1-3H3/b11-10-/t13-,15+,16-/m1/s1. The van der Waals surface area contributed by atoms with Gasteiger partial charge in [-0.25, -0.2) is 4.79 Å². The van der Waals surface area contributed by atoms with E-state index in [1.807, 2.05) is 44.2 Å². The minimum absolute atomic E-state index is 0.111. The number of ether oxygens (including phenoxy) is 2. The molecule has 4 heteroatoms. The Balaban J connectivity index is 2.71. The lowest BCUT2D eigenvalue weighted by molar-refractivity contribution is -0.135. The summed E-state index contributed by atoms with van der Waals surface area (Å²) in [4.78, 5) is 11.2. The van der Waals surface area contributed by atoms with Gasteiger partial charge in [0.05, 0.1) is 25.9 Å². The van der Waals surface area contributed by atoms with Gasteiger partial charge in [0, 0.05) is 12.0 Å². The largest absolute Gasteiger partial charge is 0.466 e. The van der Waals surface area contributed by atoms with Crippen molar-refractivity contribution in [1.29, 1.82) is 0 Å². The predicted molar refractivity (Wildman–Crippen MR) is 81.6 cm³/mol. The van der Waals surface area contributed by atoms with Crippen molar-refractivity contribution in [2.75, 3.05) is 7.11 Å². The second-order valence-corrected chi connectivity index (χ2v) is 4.98. The predicted octanol–water partition coefficient (Wildman–Crippen LogP) is 2.71. The summed E-state index contributed by atoms with van der Waals surface area (Å²) in [7, 11) is 1.33. The van der Waals surface area contributed by atoms with Gasteiger partial charge in [0.1, 0.15) is 0 Å². The van der Waals surface area contributed by atoms with E-state index in [1.165, 1.54) is 13.2 Å². The summed E-state index contributed by atoms with van der Waals surface area (Å²) in [6.07, 6.45) is 2.80. The van der Waals surface area contributed by atoms with Gasteiger partial charge in [-0.05, 0) is 18.1 Å². The van der Waals surface area contributed by atoms with Gasteiger partial charge in [-0.1, -0.05) is 44.2 Å². The third kappa shape index (κ3) is 6.10. The Morgan fingerprint density at radius 1 is 1.33 bits per heavy atom. The zero-order valence-corrected chi connectivity index (χ0v) is 12.9. The van der Waals surface area contributed by atoms with Crippen molar-refractivity contribution in [2.45, 2.75) is 39.1 Å². The summed E-state index contributed by atoms with van der Waals surface area (Å²) in [5.41, 5.74) is 1.05. The summed E-state index contributed by atoms with van der Waals surface area (Å²) < 4.78 is 10.4. The molecular weight excluding hydrogens is 268 g/mol. The van der Waals surface area contributed by atoms with Crippen molar-refractivity contribution in [1.82, 2.24) is 0 Å². The number of methoxy groups -OCH3 is 1. The highest BCUT2D eigenvalue weighted by Gasteiger charge is 2.22. The third-order valence-corrected chi connectivity index (χ3v) is 3.45. The topological polar surface area (TPSA) is 55.8 Å². The molecule has 1 aromatic rings. The molecule has 0 spiro atoms. The van der Waals surface area contributed by atoms with Gasteiger partial charge < -0.3 is 14.6 Å². The van der Waals surface area contributed by atoms with Crippen LogP contribution < -0.4 is 0 Å². The molecule has 116 valence electrons. The number of hydrogen-bond acceptors (Lipinski definition) is 4. The SMILES string of the molecule is CC[C@H](O)[C@@H](C)[C@@H](/C=C\C(=O)OC)OCc1ccccc1. The fourth-order valence-corrected chi connectivity index (χ4v) is 1.98. The number of benzene rings is 1. The van der Waals surface area contributed by atoms with E-state index in [4.69, 9.17) is 4.74 Å². The third-order valence-electron chi connectivity index (χ3n) is 3.45. The van der Waals surface area contributed by atoms with Crippen LogP contribution in [0.5, 0.6) is 0 Å². The minimum atomic E-state index is -0.479. The van der Waals surface area contributed by atoms with Gasteiger partial charge in [-0.3, -0.25) is 0 Å². The Hall–Kier alpha value is -1.65. The molecular formula is C17H24O4. The number of rotatable bonds is 8. The maximum Gasteiger partial charge on any atom is 0.330 e. The molecule has 0 aliphatic rings. The van der Waals surface area contributed by atoms with Crippen LogP contribution in [0, 0.1) is 5.92 Å². The van der Waals surface area contributed by atoms with Crippen LogP contribution in [-0.4, -0.2) is 30.4 Å². The number of carbonyl (C=O) groups is 1. The van der Waals surface area contributed by atoms with Gasteiger partial charge >= 0.3 is 5.97 Å². The zero-order chi connectivity index (χ0) is 15.7. The van der Waals surface area contributed by atoms with E-state index >= 15 is 0 Å². The number of aliphatic hydroxyl groups is 1. The maximum absolute atomic E-state index is 11.2. The summed E-state index contributed by atoms with van der Waals surface area (Å²) >= 11 is 0. The molecule has 0 radical (unpaired) electrons. The number of hydrogen-bond donors (Lipinski definition) is 1. The first-order valence-electron chi connectivity index (χ1n) is 7.18. The van der Waals surface area contributed by atoms with Gasteiger partial charge in [0.25, 0.3) is 0 Å². The Morgan fingerprint density at radius 2 is 2.00 bits per heavy atom. The first kappa shape index (κ1) is 17.4. The lowest BCUT2D eigenvalue weighted by atomic mass is 9.95. The first-order chi connectivity index (χ1) is 10.1. The van der Waals surface area contributed by atoms with Crippen LogP contribution in [0.1, 0.15) is 25.8 Å². The number of carbonyl (C=O) groups excluding carboxylic acids is 1. The van der Waals surface area contributed by atoms with Crippen molar-refractivity contribution in [2.24, 2.45) is 5.92 Å². The smallest absolute Gasteiger partial charge is 0.330 e. The molecule has 1 aromatic carbocycles. The van der Waals surface area contributed by atoms with E-state index in [0.717, 1.165) is 5.56 Å². The minimum Gasteiger partial charge on any atom is -0.466 e. The lowest BCUT2D eigenvalue weighted by Crippen LogP contribution is -2.30. The van der Waals surface area contributed by atoms with E-state index in [9.17, 15) is 9.90 Å². The van der Waals surface area contributed by atoms with Crippen LogP contribution in [0.25, 0.3) is 0 Å². The molecule has 0 aliphatic carbocycles. The molecule has 1 rings (SSSR count). The Morgan fingerprint density at radius 3 is 2.57 bits per heavy atom. The van der Waals surface area contributed by atoms with Gasteiger partial charge in [0.2, 0.25) is 0 Å². The van der Waals surface area contributed by atoms with E-state index in [0.29, 0.717) is 13.0 Å². The molecule has 0 aliphatic heterocycles. The molecule has 0 amide bonds. The Kier molecular flexibility index (Phi) is 7.72. The molecule has 1 N–H and O–H groups in total. The molecule has 4 nitrogen and oxygen atoms in total. The van der Waals surface area contributed by atoms with Crippen LogP contribution in [0.3, 0.4) is 0 Å². The van der Waals surface area contributed by atoms with Crippen molar-refractivity contribution < 1.29 is 19.4 Å². The van der Waals surface area contributed by atoms with Crippen LogP contribution in [-0.2, 0) is 20.9 Å². The van der Waals surface area contributed by atoms with Gasteiger partial charge in [0.15, 0.2) is 0 Å². The molecule has 21 heavy (non-hydrogen) atoms. The fraction of sp³-hybridized carbons (Fsp3) is 0.471. The van der Waals surface area contributed by atoms with E-state index in [-0.39, 0.29) is 12.0 Å². The average Bonchev–Trinajstić information content (AvgIpc) is 2.54. The van der Waals surface area contributed by atoms with Gasteiger partial charge in [-0.15, -0.1) is 0 Å². The van der Waals surface area contributed by atoms with Crippen molar-refractivity contribution in [3.63, 3.8) is 0 Å². The van der Waals surface area contributed by atoms with E-state index in [1.54, 1.807) is 6.08 Å². The van der Waals surface area contributed by atoms with Crippen LogP contribution in [0.2, 0.25) is 0 Å². The second kappa shape index (κ2) is 9.32. The highest BCUT2D eigenvalue weighted by molar-refractivity contribution is 5.81. The first-order valence-corrected chi connectivity index (χ1v) is 7.18.